The number of ether oxygens (including phenoxy) is 1. The van der Waals surface area contributed by atoms with Gasteiger partial charge in [-0.05, 0) is 20.9 Å². The number of hydrogen-bond donors (Lipinski definition) is 0. The summed E-state index contributed by atoms with van der Waals surface area (Å²) in [6.45, 7) is 5.48. The van der Waals surface area contributed by atoms with Crippen LogP contribution >= 0.6 is 11.6 Å². The molecule has 0 N–H and O–H groups in total. The highest BCUT2D eigenvalue weighted by Gasteiger charge is 2.37. The highest BCUT2D eigenvalue weighted by molar-refractivity contribution is 6.36. The fourth-order valence-electron chi connectivity index (χ4n) is 3.72. The van der Waals surface area contributed by atoms with Crippen LogP contribution in [0.1, 0.15) is 12.5 Å². The van der Waals surface area contributed by atoms with Crippen LogP contribution in [0.3, 0.4) is 0 Å². The van der Waals surface area contributed by atoms with E-state index in [4.69, 9.17) is 16.3 Å². The Bertz CT molecular complexity index is 945. The quantitative estimate of drug-likeness (QED) is 0.713. The molecule has 1 saturated heterocycles. The van der Waals surface area contributed by atoms with Crippen LogP contribution in [0.15, 0.2) is 4.79 Å². The van der Waals surface area contributed by atoms with Gasteiger partial charge < -0.3 is 9.64 Å². The zero-order chi connectivity index (χ0) is 18.0. The number of benzene rings is 1. The first kappa shape index (κ1) is 16.6. The second-order valence-corrected chi connectivity index (χ2v) is 7.37. The van der Waals surface area contributed by atoms with E-state index >= 15 is 0 Å². The zero-order valence-electron chi connectivity index (χ0n) is 14.6. The van der Waals surface area contributed by atoms with Crippen molar-refractivity contribution < 1.29 is 9.13 Å². The lowest BCUT2D eigenvalue weighted by Crippen LogP contribution is -2.58. The fourth-order valence-corrected chi connectivity index (χ4v) is 4.02. The van der Waals surface area contributed by atoms with Crippen LogP contribution in [0, 0.1) is 12.7 Å². The molecule has 134 valence electrons. The largest absolute Gasteiger partial charge is 0.487 e. The van der Waals surface area contributed by atoms with Crippen LogP contribution in [0.4, 0.5) is 10.2 Å². The molecule has 2 aliphatic rings. The molecule has 1 aromatic heterocycles. The summed E-state index contributed by atoms with van der Waals surface area (Å²) in [6.07, 6.45) is 0. The maximum atomic E-state index is 14.9. The van der Waals surface area contributed by atoms with Gasteiger partial charge in [-0.15, -0.1) is 0 Å². The molecule has 3 heterocycles. The second kappa shape index (κ2) is 5.57. The first-order valence-electron chi connectivity index (χ1n) is 8.29. The minimum Gasteiger partial charge on any atom is -0.487 e. The molecule has 0 bridgehead atoms. The van der Waals surface area contributed by atoms with Gasteiger partial charge in [0.2, 0.25) is 0 Å². The number of aryl methyl sites for hydroxylation is 1. The van der Waals surface area contributed by atoms with Crippen molar-refractivity contribution >= 4 is 28.3 Å². The molecule has 2 atom stereocenters. The Hall–Kier alpha value is -1.86. The molecule has 0 saturated carbocycles. The van der Waals surface area contributed by atoms with Gasteiger partial charge in [0.15, 0.2) is 11.6 Å². The van der Waals surface area contributed by atoms with E-state index in [1.54, 1.807) is 14.0 Å². The summed E-state index contributed by atoms with van der Waals surface area (Å²) >= 11 is 6.40. The van der Waals surface area contributed by atoms with E-state index in [1.165, 1.54) is 4.57 Å². The summed E-state index contributed by atoms with van der Waals surface area (Å²) in [6, 6.07) is 0.277. The number of halogens is 2. The summed E-state index contributed by atoms with van der Waals surface area (Å²) in [7, 11) is 3.64. The summed E-state index contributed by atoms with van der Waals surface area (Å²) in [5.74, 6) is 0.122. The average Bonchev–Trinajstić information content (AvgIpc) is 2.71. The third kappa shape index (κ3) is 2.25. The molecular formula is C17H20ClFN4O2. The highest BCUT2D eigenvalue weighted by atomic mass is 35.5. The summed E-state index contributed by atoms with van der Waals surface area (Å²) < 4.78 is 22.1. The lowest BCUT2D eigenvalue weighted by atomic mass is 10.1. The van der Waals surface area contributed by atoms with Crippen LogP contribution < -0.4 is 15.3 Å². The van der Waals surface area contributed by atoms with Crippen molar-refractivity contribution in [3.05, 3.63) is 26.9 Å². The lowest BCUT2D eigenvalue weighted by Gasteiger charge is -2.43. The molecule has 0 amide bonds. The monoisotopic (exact) mass is 366 g/mol. The Morgan fingerprint density at radius 1 is 1.32 bits per heavy atom. The van der Waals surface area contributed by atoms with Gasteiger partial charge in [0.1, 0.15) is 12.4 Å². The maximum Gasteiger partial charge on any atom is 0.349 e. The Balaban J connectivity index is 2.09. The van der Waals surface area contributed by atoms with E-state index in [0.717, 1.165) is 6.54 Å². The van der Waals surface area contributed by atoms with Crippen molar-refractivity contribution in [2.45, 2.75) is 25.9 Å². The average molecular weight is 367 g/mol. The minimum atomic E-state index is -0.486. The Kier molecular flexibility index (Phi) is 3.70. The second-order valence-electron chi connectivity index (χ2n) is 6.99. The molecule has 8 heteroatoms. The van der Waals surface area contributed by atoms with Crippen LogP contribution in [0.2, 0.25) is 5.02 Å². The molecule has 2 aliphatic heterocycles. The molecule has 0 spiro atoms. The van der Waals surface area contributed by atoms with Crippen molar-refractivity contribution in [3.8, 4) is 5.75 Å². The SMILES string of the molecule is Cc1c(F)c2c3c(nc(=O)n(C)c3c1Cl)N1CC(C)N(C)CC1CO2. The molecule has 4 rings (SSSR count). The summed E-state index contributed by atoms with van der Waals surface area (Å²) in [4.78, 5) is 21.0. The van der Waals surface area contributed by atoms with Crippen molar-refractivity contribution in [3.63, 3.8) is 0 Å². The van der Waals surface area contributed by atoms with Gasteiger partial charge in [-0.3, -0.25) is 9.47 Å². The molecule has 0 radical (unpaired) electrons. The summed E-state index contributed by atoms with van der Waals surface area (Å²) in [5, 5.41) is 0.707. The van der Waals surface area contributed by atoms with Gasteiger partial charge in [-0.2, -0.15) is 4.98 Å². The van der Waals surface area contributed by atoms with Crippen LogP contribution in [-0.2, 0) is 7.05 Å². The lowest BCUT2D eigenvalue weighted by molar-refractivity contribution is 0.164. The van der Waals surface area contributed by atoms with Crippen molar-refractivity contribution in [1.29, 1.82) is 0 Å². The zero-order valence-corrected chi connectivity index (χ0v) is 15.4. The maximum absolute atomic E-state index is 14.9. The van der Waals surface area contributed by atoms with Gasteiger partial charge in [0.25, 0.3) is 0 Å². The first-order valence-corrected chi connectivity index (χ1v) is 8.67. The number of piperazine rings is 1. The predicted octanol–water partition coefficient (Wildman–Crippen LogP) is 1.94. The van der Waals surface area contributed by atoms with Gasteiger partial charge >= 0.3 is 5.69 Å². The highest BCUT2D eigenvalue weighted by Crippen LogP contribution is 2.43. The van der Waals surface area contributed by atoms with E-state index in [9.17, 15) is 9.18 Å². The first-order chi connectivity index (χ1) is 11.8. The standard InChI is InChI=1S/C17H20ClFN4O2/c1-8-5-23-10(6-21(8)3)7-25-15-11-14(12(18)9(2)13(15)19)22(4)17(24)20-16(11)23/h8,10H,5-7H2,1-4H3. The number of fused-ring (bicyclic) bond motifs is 2. The molecule has 6 nitrogen and oxygen atoms in total. The third-order valence-electron chi connectivity index (χ3n) is 5.42. The Morgan fingerprint density at radius 3 is 2.76 bits per heavy atom. The Labute approximate surface area is 149 Å². The van der Waals surface area contributed by atoms with Crippen LogP contribution in [-0.4, -0.2) is 53.3 Å². The number of aromatic nitrogens is 2. The number of rotatable bonds is 0. The van der Waals surface area contributed by atoms with E-state index in [2.05, 4.69) is 28.8 Å². The van der Waals surface area contributed by atoms with Crippen molar-refractivity contribution in [1.82, 2.24) is 14.5 Å². The van der Waals surface area contributed by atoms with Crippen LogP contribution in [0.25, 0.3) is 10.9 Å². The molecule has 2 aromatic rings. The molecule has 0 aliphatic carbocycles. The molecular weight excluding hydrogens is 347 g/mol. The van der Waals surface area contributed by atoms with Crippen molar-refractivity contribution in [2.24, 2.45) is 7.05 Å². The topological polar surface area (TPSA) is 50.6 Å². The number of likely N-dealkylation sites (N-methyl/N-ethyl adjacent to an activating group) is 1. The third-order valence-corrected chi connectivity index (χ3v) is 5.88. The van der Waals surface area contributed by atoms with Gasteiger partial charge in [0, 0.05) is 31.7 Å². The molecule has 1 aromatic carbocycles. The Morgan fingerprint density at radius 2 is 2.04 bits per heavy atom. The number of anilines is 1. The van der Waals surface area contributed by atoms with Gasteiger partial charge in [-0.1, -0.05) is 11.6 Å². The fraction of sp³-hybridized carbons (Fsp3) is 0.529. The predicted molar refractivity (Wildman–Crippen MR) is 95.4 cm³/mol. The van der Waals surface area contributed by atoms with E-state index in [1.807, 2.05) is 0 Å². The molecule has 2 unspecified atom stereocenters. The van der Waals surface area contributed by atoms with E-state index in [0.29, 0.717) is 29.9 Å². The smallest absolute Gasteiger partial charge is 0.349 e. The minimum absolute atomic E-state index is 0.00473. The van der Waals surface area contributed by atoms with E-state index < -0.39 is 11.5 Å². The van der Waals surface area contributed by atoms with E-state index in [-0.39, 0.29) is 28.4 Å². The number of hydrogen-bond acceptors (Lipinski definition) is 5. The van der Waals surface area contributed by atoms with Crippen molar-refractivity contribution in [2.75, 3.05) is 31.6 Å². The molecule has 25 heavy (non-hydrogen) atoms. The van der Waals surface area contributed by atoms with Crippen LogP contribution in [0.5, 0.6) is 5.75 Å². The molecule has 1 fully saturated rings. The summed E-state index contributed by atoms with van der Waals surface area (Å²) in [5.41, 5.74) is 0.341. The normalized spacial score (nSPS) is 23.4. The van der Waals surface area contributed by atoms with Gasteiger partial charge in [0.05, 0.1) is 22.0 Å². The number of nitrogens with zero attached hydrogens (tertiary/aromatic N) is 4. The van der Waals surface area contributed by atoms with Gasteiger partial charge in [-0.25, -0.2) is 9.18 Å².